The van der Waals surface area contributed by atoms with Crippen molar-refractivity contribution >= 4 is 23.8 Å². The number of esters is 1. The summed E-state index contributed by atoms with van der Waals surface area (Å²) in [7, 11) is 2.76. The largest absolute Gasteiger partial charge is 0.496 e. The van der Waals surface area contributed by atoms with E-state index in [1.165, 1.54) is 14.2 Å². The number of nitrogens with zero attached hydrogens (tertiary/aromatic N) is 2. The van der Waals surface area contributed by atoms with Crippen molar-refractivity contribution in [1.29, 1.82) is 0 Å². The molecule has 0 bridgehead atoms. The van der Waals surface area contributed by atoms with Gasteiger partial charge in [-0.25, -0.2) is 14.4 Å². The number of likely N-dealkylation sites (tertiary alicyclic amines) is 1. The molecule has 1 N–H and O–H groups in total. The van der Waals surface area contributed by atoms with Crippen molar-refractivity contribution in [2.45, 2.75) is 44.8 Å². The molecule has 2 saturated heterocycles. The van der Waals surface area contributed by atoms with Crippen LogP contribution in [0.2, 0.25) is 0 Å². The first-order valence-corrected chi connectivity index (χ1v) is 9.91. The van der Waals surface area contributed by atoms with Crippen LogP contribution >= 0.6 is 0 Å². The molecule has 0 radical (unpaired) electrons. The molecule has 1 spiro atoms. The zero-order chi connectivity index (χ0) is 22.1. The van der Waals surface area contributed by atoms with Gasteiger partial charge in [-0.15, -0.1) is 0 Å². The van der Waals surface area contributed by atoms with Gasteiger partial charge in [0.05, 0.1) is 26.3 Å². The summed E-state index contributed by atoms with van der Waals surface area (Å²) < 4.78 is 15.5. The zero-order valence-electron chi connectivity index (χ0n) is 18.1. The van der Waals surface area contributed by atoms with Crippen LogP contribution in [0.4, 0.5) is 15.3 Å². The first-order valence-electron chi connectivity index (χ1n) is 9.91. The Bertz CT molecular complexity index is 840. The molecule has 3 amide bonds. The lowest BCUT2D eigenvalue weighted by Gasteiger charge is -2.39. The highest BCUT2D eigenvalue weighted by Crippen LogP contribution is 2.34. The van der Waals surface area contributed by atoms with Crippen LogP contribution in [0.15, 0.2) is 18.2 Å². The van der Waals surface area contributed by atoms with E-state index in [2.05, 4.69) is 5.32 Å². The molecule has 9 nitrogen and oxygen atoms in total. The molecule has 2 heterocycles. The Balaban J connectivity index is 1.70. The first kappa shape index (κ1) is 21.7. The van der Waals surface area contributed by atoms with Crippen LogP contribution < -0.4 is 15.0 Å². The summed E-state index contributed by atoms with van der Waals surface area (Å²) >= 11 is 0. The number of piperidine rings is 1. The van der Waals surface area contributed by atoms with E-state index in [0.29, 0.717) is 49.5 Å². The van der Waals surface area contributed by atoms with E-state index in [9.17, 15) is 14.4 Å². The number of carbonyl (C=O) groups is 3. The third-order valence-corrected chi connectivity index (χ3v) is 5.35. The Hall–Kier alpha value is -2.97. The summed E-state index contributed by atoms with van der Waals surface area (Å²) in [6, 6.07) is 4.72. The minimum Gasteiger partial charge on any atom is -0.496 e. The van der Waals surface area contributed by atoms with Gasteiger partial charge in [-0.05, 0) is 45.7 Å². The van der Waals surface area contributed by atoms with Crippen LogP contribution in [-0.2, 0) is 9.47 Å². The predicted octanol–water partition coefficient (Wildman–Crippen LogP) is 2.78. The van der Waals surface area contributed by atoms with Crippen LogP contribution in [0.1, 0.15) is 44.0 Å². The maximum absolute atomic E-state index is 12.7. The minimum atomic E-state index is -0.542. The fourth-order valence-corrected chi connectivity index (χ4v) is 3.77. The van der Waals surface area contributed by atoms with E-state index in [0.717, 1.165) is 0 Å². The number of amides is 3. The van der Waals surface area contributed by atoms with Crippen LogP contribution in [0.3, 0.4) is 0 Å². The number of anilines is 1. The van der Waals surface area contributed by atoms with Gasteiger partial charge >= 0.3 is 18.1 Å². The van der Waals surface area contributed by atoms with E-state index < -0.39 is 17.1 Å². The molecule has 0 saturated carbocycles. The lowest BCUT2D eigenvalue weighted by Crippen LogP contribution is -2.54. The topological polar surface area (TPSA) is 97.4 Å². The number of hydrogen-bond donors (Lipinski definition) is 1. The average Bonchev–Trinajstić information content (AvgIpc) is 3.01. The quantitative estimate of drug-likeness (QED) is 0.757. The second-order valence-electron chi connectivity index (χ2n) is 8.64. The standard InChI is InChI=1S/C21H29N3O6/c1-20(2,3)30-19(27)23-10-8-21(9-11-23)13-24(18(26)22-21)14-6-7-15(17(25)29-5)16(12-14)28-4/h6-7,12H,8-11,13H2,1-5H3,(H,22,26). The monoisotopic (exact) mass is 419 g/mol. The Labute approximate surface area is 176 Å². The molecule has 0 unspecified atom stereocenters. The van der Waals surface area contributed by atoms with Gasteiger partial charge in [0.15, 0.2) is 0 Å². The van der Waals surface area contributed by atoms with E-state index in [1.807, 2.05) is 20.8 Å². The van der Waals surface area contributed by atoms with Gasteiger partial charge in [0.1, 0.15) is 16.9 Å². The van der Waals surface area contributed by atoms with Crippen molar-refractivity contribution in [3.8, 4) is 5.75 Å². The molecule has 30 heavy (non-hydrogen) atoms. The van der Waals surface area contributed by atoms with Crippen molar-refractivity contribution in [2.24, 2.45) is 0 Å². The Morgan fingerprint density at radius 1 is 1.13 bits per heavy atom. The second kappa shape index (κ2) is 8.04. The molecule has 0 aliphatic carbocycles. The third-order valence-electron chi connectivity index (χ3n) is 5.35. The lowest BCUT2D eigenvalue weighted by atomic mass is 9.88. The van der Waals surface area contributed by atoms with Crippen LogP contribution in [-0.4, -0.2) is 68.0 Å². The molecule has 1 aromatic carbocycles. The summed E-state index contributed by atoms with van der Waals surface area (Å²) in [6.07, 6.45) is 0.930. The summed E-state index contributed by atoms with van der Waals surface area (Å²) in [4.78, 5) is 40.2. The Morgan fingerprint density at radius 2 is 1.80 bits per heavy atom. The number of ether oxygens (including phenoxy) is 3. The zero-order valence-corrected chi connectivity index (χ0v) is 18.1. The summed E-state index contributed by atoms with van der Waals surface area (Å²) in [5, 5.41) is 3.09. The lowest BCUT2D eigenvalue weighted by molar-refractivity contribution is 0.0167. The average molecular weight is 419 g/mol. The van der Waals surface area contributed by atoms with Crippen LogP contribution in [0.25, 0.3) is 0 Å². The fourth-order valence-electron chi connectivity index (χ4n) is 3.77. The van der Waals surface area contributed by atoms with Gasteiger partial charge in [0.25, 0.3) is 0 Å². The van der Waals surface area contributed by atoms with Crippen LogP contribution in [0, 0.1) is 0 Å². The summed E-state index contributed by atoms with van der Waals surface area (Å²) in [5.41, 5.74) is -0.0312. The number of methoxy groups -OCH3 is 2. The second-order valence-corrected chi connectivity index (χ2v) is 8.64. The van der Waals surface area contributed by atoms with E-state index in [-0.39, 0.29) is 12.1 Å². The molecular formula is C21H29N3O6. The Kier molecular flexibility index (Phi) is 5.83. The predicted molar refractivity (Wildman–Crippen MR) is 110 cm³/mol. The molecule has 0 atom stereocenters. The van der Waals surface area contributed by atoms with Crippen molar-refractivity contribution in [3.05, 3.63) is 23.8 Å². The molecule has 1 aromatic rings. The van der Waals surface area contributed by atoms with Gasteiger partial charge in [-0.2, -0.15) is 0 Å². The molecule has 2 aliphatic heterocycles. The van der Waals surface area contributed by atoms with Crippen molar-refractivity contribution in [2.75, 3.05) is 38.8 Å². The van der Waals surface area contributed by atoms with E-state index in [4.69, 9.17) is 14.2 Å². The molecule has 9 heteroatoms. The smallest absolute Gasteiger partial charge is 0.410 e. The van der Waals surface area contributed by atoms with Crippen molar-refractivity contribution in [3.63, 3.8) is 0 Å². The highest BCUT2D eigenvalue weighted by molar-refractivity contribution is 5.98. The third kappa shape index (κ3) is 4.44. The number of nitrogens with one attached hydrogen (secondary N) is 1. The molecular weight excluding hydrogens is 390 g/mol. The minimum absolute atomic E-state index is 0.214. The summed E-state index contributed by atoms with van der Waals surface area (Å²) in [5.74, 6) is -0.164. The molecule has 164 valence electrons. The van der Waals surface area contributed by atoms with Gasteiger partial charge in [0, 0.05) is 24.8 Å². The highest BCUT2D eigenvalue weighted by Gasteiger charge is 2.46. The molecule has 3 rings (SSSR count). The van der Waals surface area contributed by atoms with Gasteiger partial charge in [-0.1, -0.05) is 0 Å². The van der Waals surface area contributed by atoms with Gasteiger partial charge in [0.2, 0.25) is 0 Å². The van der Waals surface area contributed by atoms with Gasteiger partial charge in [-0.3, -0.25) is 4.90 Å². The molecule has 2 fully saturated rings. The molecule has 0 aromatic heterocycles. The first-order chi connectivity index (χ1) is 14.1. The SMILES string of the molecule is COC(=O)c1ccc(N2CC3(CCN(C(=O)OC(C)(C)C)CC3)NC2=O)cc1OC. The number of rotatable bonds is 3. The van der Waals surface area contributed by atoms with E-state index >= 15 is 0 Å². The van der Waals surface area contributed by atoms with Crippen LogP contribution in [0.5, 0.6) is 5.75 Å². The van der Waals surface area contributed by atoms with Crippen molar-refractivity contribution in [1.82, 2.24) is 10.2 Å². The number of carbonyl (C=O) groups excluding carboxylic acids is 3. The highest BCUT2D eigenvalue weighted by atomic mass is 16.6. The fraction of sp³-hybridized carbons (Fsp3) is 0.571. The summed E-state index contributed by atoms with van der Waals surface area (Å²) in [6.45, 7) is 7.00. The van der Waals surface area contributed by atoms with E-state index in [1.54, 1.807) is 28.0 Å². The Morgan fingerprint density at radius 3 is 2.37 bits per heavy atom. The maximum Gasteiger partial charge on any atom is 0.410 e. The van der Waals surface area contributed by atoms with Gasteiger partial charge < -0.3 is 24.4 Å². The molecule has 2 aliphatic rings. The normalized spacial score (nSPS) is 18.2. The van der Waals surface area contributed by atoms with Crippen molar-refractivity contribution < 1.29 is 28.6 Å². The maximum atomic E-state index is 12.7. The number of urea groups is 1. The number of benzene rings is 1. The number of hydrogen-bond acceptors (Lipinski definition) is 6.